The Bertz CT molecular complexity index is 808. The lowest BCUT2D eigenvalue weighted by molar-refractivity contribution is -0.114. The fourth-order valence-corrected chi connectivity index (χ4v) is 3.20. The summed E-state index contributed by atoms with van der Waals surface area (Å²) in [4.78, 5) is 23.3. The van der Waals surface area contributed by atoms with Crippen LogP contribution in [-0.4, -0.2) is 54.2 Å². The maximum Gasteiger partial charge on any atom is 0.246 e. The number of carbonyl (C=O) groups is 1. The van der Waals surface area contributed by atoms with Crippen molar-refractivity contribution in [3.63, 3.8) is 0 Å². The minimum atomic E-state index is -0.210. The van der Waals surface area contributed by atoms with E-state index in [1.807, 2.05) is 31.3 Å². The predicted molar refractivity (Wildman–Crippen MR) is 131 cm³/mol. The van der Waals surface area contributed by atoms with Gasteiger partial charge in [-0.15, -0.1) is 24.0 Å². The summed E-state index contributed by atoms with van der Waals surface area (Å²) in [5.74, 6) is 1.61. The Morgan fingerprint density at radius 3 is 2.57 bits per heavy atom. The molecule has 9 heteroatoms. The highest BCUT2D eigenvalue weighted by Gasteiger charge is 2.20. The molecule has 1 aliphatic rings. The maximum atomic E-state index is 12.1. The van der Waals surface area contributed by atoms with Gasteiger partial charge in [-0.3, -0.25) is 4.79 Å². The molecule has 2 heterocycles. The highest BCUT2D eigenvalue weighted by molar-refractivity contribution is 14.0. The SMILES string of the molecule is CCNC(=NCC(=O)Nc1ccc(O)cc1)NC1CCN(c2ccccn2)CC1.I. The summed E-state index contributed by atoms with van der Waals surface area (Å²) in [6.45, 7) is 4.59. The zero-order chi connectivity index (χ0) is 20.5. The molecule has 0 radical (unpaired) electrons. The van der Waals surface area contributed by atoms with Gasteiger partial charge >= 0.3 is 0 Å². The van der Waals surface area contributed by atoms with Gasteiger partial charge in [-0.1, -0.05) is 6.07 Å². The van der Waals surface area contributed by atoms with Crippen molar-refractivity contribution in [1.82, 2.24) is 15.6 Å². The zero-order valence-corrected chi connectivity index (χ0v) is 19.4. The number of phenolic OH excluding ortho intramolecular Hbond substituents is 1. The van der Waals surface area contributed by atoms with E-state index >= 15 is 0 Å². The molecule has 30 heavy (non-hydrogen) atoms. The van der Waals surface area contributed by atoms with E-state index in [-0.39, 0.29) is 42.2 Å². The number of phenols is 1. The predicted octanol–water partition coefficient (Wildman–Crippen LogP) is 2.57. The molecule has 0 aliphatic carbocycles. The molecule has 3 rings (SSSR count). The molecule has 1 aromatic carbocycles. The molecule has 4 N–H and O–H groups in total. The second kappa shape index (κ2) is 12.2. The van der Waals surface area contributed by atoms with E-state index in [1.165, 1.54) is 12.1 Å². The van der Waals surface area contributed by atoms with Gasteiger partial charge in [0.1, 0.15) is 18.1 Å². The molecule has 0 atom stereocenters. The summed E-state index contributed by atoms with van der Waals surface area (Å²) in [7, 11) is 0. The first kappa shape index (κ1) is 23.7. The number of hydrogen-bond acceptors (Lipinski definition) is 5. The number of hydrogen-bond donors (Lipinski definition) is 4. The Morgan fingerprint density at radius 2 is 1.93 bits per heavy atom. The topological polar surface area (TPSA) is 102 Å². The summed E-state index contributed by atoms with van der Waals surface area (Å²) in [6, 6.07) is 12.6. The van der Waals surface area contributed by atoms with Crippen molar-refractivity contribution in [1.29, 1.82) is 0 Å². The minimum absolute atomic E-state index is 0. The van der Waals surface area contributed by atoms with Crippen molar-refractivity contribution in [2.24, 2.45) is 4.99 Å². The van der Waals surface area contributed by atoms with Crippen LogP contribution in [0.2, 0.25) is 0 Å². The lowest BCUT2D eigenvalue weighted by Crippen LogP contribution is -2.49. The summed E-state index contributed by atoms with van der Waals surface area (Å²) in [5.41, 5.74) is 0.628. The largest absolute Gasteiger partial charge is 0.508 e. The van der Waals surface area contributed by atoms with E-state index in [0.717, 1.165) is 38.3 Å². The summed E-state index contributed by atoms with van der Waals surface area (Å²) in [5, 5.41) is 18.7. The van der Waals surface area contributed by atoms with Gasteiger partial charge in [-0.05, 0) is 56.2 Å². The monoisotopic (exact) mass is 524 g/mol. The van der Waals surface area contributed by atoms with Crippen LogP contribution in [0.4, 0.5) is 11.5 Å². The number of carbonyl (C=O) groups excluding carboxylic acids is 1. The van der Waals surface area contributed by atoms with Crippen LogP contribution in [0.25, 0.3) is 0 Å². The quantitative estimate of drug-likeness (QED) is 0.201. The van der Waals surface area contributed by atoms with Crippen LogP contribution in [0.1, 0.15) is 19.8 Å². The number of nitrogens with zero attached hydrogens (tertiary/aromatic N) is 3. The average Bonchev–Trinajstić information content (AvgIpc) is 2.75. The minimum Gasteiger partial charge on any atom is -0.508 e. The first-order chi connectivity index (χ1) is 14.1. The number of rotatable bonds is 6. The molecule has 0 unspecified atom stereocenters. The Balaban J connectivity index is 0.00000320. The van der Waals surface area contributed by atoms with E-state index in [9.17, 15) is 9.90 Å². The highest BCUT2D eigenvalue weighted by Crippen LogP contribution is 2.17. The van der Waals surface area contributed by atoms with Crippen molar-refractivity contribution in [3.05, 3.63) is 48.7 Å². The van der Waals surface area contributed by atoms with Gasteiger partial charge < -0.3 is 26.0 Å². The lowest BCUT2D eigenvalue weighted by atomic mass is 10.1. The van der Waals surface area contributed by atoms with E-state index in [0.29, 0.717) is 17.7 Å². The fourth-order valence-electron chi connectivity index (χ4n) is 3.20. The number of piperidine rings is 1. The maximum absolute atomic E-state index is 12.1. The van der Waals surface area contributed by atoms with E-state index in [2.05, 4.69) is 30.8 Å². The fraction of sp³-hybridized carbons (Fsp3) is 0.381. The lowest BCUT2D eigenvalue weighted by Gasteiger charge is -2.33. The number of guanidine groups is 1. The molecule has 1 fully saturated rings. The van der Waals surface area contributed by atoms with Crippen molar-refractivity contribution < 1.29 is 9.90 Å². The van der Waals surface area contributed by atoms with E-state index in [4.69, 9.17) is 0 Å². The van der Waals surface area contributed by atoms with Gasteiger partial charge in [0.15, 0.2) is 5.96 Å². The van der Waals surface area contributed by atoms with E-state index in [1.54, 1.807) is 12.1 Å². The number of aromatic hydroxyl groups is 1. The zero-order valence-electron chi connectivity index (χ0n) is 17.0. The smallest absolute Gasteiger partial charge is 0.246 e. The molecular weight excluding hydrogens is 495 g/mol. The second-order valence-electron chi connectivity index (χ2n) is 6.88. The number of anilines is 2. The van der Waals surface area contributed by atoms with Crippen LogP contribution in [0.3, 0.4) is 0 Å². The first-order valence-electron chi connectivity index (χ1n) is 9.93. The number of aromatic nitrogens is 1. The molecular formula is C21H29IN6O2. The number of amides is 1. The Morgan fingerprint density at radius 1 is 1.20 bits per heavy atom. The Labute approximate surface area is 194 Å². The molecule has 0 saturated carbocycles. The number of benzene rings is 1. The Hall–Kier alpha value is -2.56. The third-order valence-electron chi connectivity index (χ3n) is 4.69. The summed E-state index contributed by atoms with van der Waals surface area (Å²) in [6.07, 6.45) is 3.76. The third kappa shape index (κ3) is 7.36. The summed E-state index contributed by atoms with van der Waals surface area (Å²) < 4.78 is 0. The van der Waals surface area contributed by atoms with Crippen LogP contribution in [0.5, 0.6) is 5.75 Å². The molecule has 1 amide bonds. The second-order valence-corrected chi connectivity index (χ2v) is 6.88. The van der Waals surface area contributed by atoms with Crippen molar-refractivity contribution in [3.8, 4) is 5.75 Å². The van der Waals surface area contributed by atoms with Crippen molar-refractivity contribution >= 4 is 47.3 Å². The standard InChI is InChI=1S/C21H28N6O2.HI/c1-2-22-21(24-15-20(29)25-16-6-8-18(28)9-7-16)26-17-10-13-27(14-11-17)19-5-3-4-12-23-19;/h3-9,12,17,28H,2,10-11,13-15H2,1H3,(H,25,29)(H2,22,24,26);1H. The van der Waals surface area contributed by atoms with Crippen molar-refractivity contribution in [2.45, 2.75) is 25.8 Å². The molecule has 2 aromatic rings. The number of nitrogens with one attached hydrogen (secondary N) is 3. The third-order valence-corrected chi connectivity index (χ3v) is 4.69. The van der Waals surface area contributed by atoms with Gasteiger partial charge in [0.2, 0.25) is 5.91 Å². The Kier molecular flexibility index (Phi) is 9.65. The van der Waals surface area contributed by atoms with Crippen LogP contribution in [0, 0.1) is 0 Å². The van der Waals surface area contributed by atoms with E-state index < -0.39 is 0 Å². The number of pyridine rings is 1. The van der Waals surface area contributed by atoms with Crippen LogP contribution in [-0.2, 0) is 4.79 Å². The van der Waals surface area contributed by atoms with Gasteiger partial charge in [0.05, 0.1) is 0 Å². The molecule has 0 spiro atoms. The summed E-state index contributed by atoms with van der Waals surface area (Å²) >= 11 is 0. The molecule has 1 aromatic heterocycles. The molecule has 0 bridgehead atoms. The van der Waals surface area contributed by atoms with Gasteiger partial charge in [-0.2, -0.15) is 0 Å². The van der Waals surface area contributed by atoms with Crippen molar-refractivity contribution in [2.75, 3.05) is 36.4 Å². The van der Waals surface area contributed by atoms with Gasteiger partial charge in [-0.25, -0.2) is 9.98 Å². The van der Waals surface area contributed by atoms with Crippen LogP contribution in [0.15, 0.2) is 53.7 Å². The van der Waals surface area contributed by atoms with Gasteiger partial charge in [0.25, 0.3) is 0 Å². The van der Waals surface area contributed by atoms with Crippen LogP contribution >= 0.6 is 24.0 Å². The molecule has 162 valence electrons. The molecule has 1 aliphatic heterocycles. The molecule has 8 nitrogen and oxygen atoms in total. The average molecular weight is 524 g/mol. The highest BCUT2D eigenvalue weighted by atomic mass is 127. The van der Waals surface area contributed by atoms with Gasteiger partial charge in [0, 0.05) is 37.6 Å². The van der Waals surface area contributed by atoms with Crippen LogP contribution < -0.4 is 20.9 Å². The molecule has 1 saturated heterocycles. The number of halogens is 1. The first-order valence-corrected chi connectivity index (χ1v) is 9.93. The normalized spacial score (nSPS) is 14.6. The number of aliphatic imine (C=N–C) groups is 1.